The first kappa shape index (κ1) is 20.4. The van der Waals surface area contributed by atoms with Crippen molar-refractivity contribution in [3.8, 4) is 11.5 Å². The van der Waals surface area contributed by atoms with Gasteiger partial charge in [-0.3, -0.25) is 9.59 Å². The lowest BCUT2D eigenvalue weighted by molar-refractivity contribution is -0.124. The highest BCUT2D eigenvalue weighted by Gasteiger charge is 2.09. The Bertz CT molecular complexity index is 856. The molecule has 142 valence electrons. The average Bonchev–Trinajstić information content (AvgIpc) is 2.64. The number of aromatic hydroxyl groups is 1. The Labute approximate surface area is 163 Å². The van der Waals surface area contributed by atoms with E-state index in [1.54, 1.807) is 12.1 Å². The van der Waals surface area contributed by atoms with Crippen LogP contribution >= 0.6 is 15.9 Å². The van der Waals surface area contributed by atoms with Gasteiger partial charge in [-0.25, -0.2) is 9.82 Å². The molecule has 2 aromatic rings. The van der Waals surface area contributed by atoms with Crippen LogP contribution in [0.2, 0.25) is 0 Å². The van der Waals surface area contributed by atoms with Crippen LogP contribution in [0.5, 0.6) is 11.5 Å². The number of benzene rings is 2. The molecule has 27 heavy (non-hydrogen) atoms. The third-order valence-corrected chi connectivity index (χ3v) is 3.85. The number of phenolic OH excluding ortho intramolecular Hbond substituents is 1. The van der Waals surface area contributed by atoms with Crippen LogP contribution in [0, 0.1) is 5.82 Å². The number of anilines is 1. The summed E-state index contributed by atoms with van der Waals surface area (Å²) >= 11 is 3.28. The highest BCUT2D eigenvalue weighted by molar-refractivity contribution is 9.10. The van der Waals surface area contributed by atoms with Crippen LogP contribution in [-0.4, -0.2) is 30.2 Å². The summed E-state index contributed by atoms with van der Waals surface area (Å²) in [6, 6.07) is 8.49. The summed E-state index contributed by atoms with van der Waals surface area (Å²) in [6.07, 6.45) is 1.12. The van der Waals surface area contributed by atoms with Crippen molar-refractivity contribution in [1.82, 2.24) is 5.43 Å². The first-order chi connectivity index (χ1) is 12.9. The fourth-order valence-electron chi connectivity index (χ4n) is 2.06. The molecule has 0 radical (unpaired) electrons. The van der Waals surface area contributed by atoms with E-state index in [-0.39, 0.29) is 30.2 Å². The zero-order chi connectivity index (χ0) is 19.8. The number of carbonyl (C=O) groups is 2. The lowest BCUT2D eigenvalue weighted by Gasteiger charge is -2.07. The van der Waals surface area contributed by atoms with Gasteiger partial charge in [0, 0.05) is 28.6 Å². The van der Waals surface area contributed by atoms with E-state index in [0.29, 0.717) is 15.7 Å². The molecule has 0 aliphatic rings. The van der Waals surface area contributed by atoms with Crippen molar-refractivity contribution in [3.05, 3.63) is 52.3 Å². The van der Waals surface area contributed by atoms with Gasteiger partial charge in [0.05, 0.1) is 13.3 Å². The van der Waals surface area contributed by atoms with Gasteiger partial charge < -0.3 is 15.2 Å². The van der Waals surface area contributed by atoms with Crippen LogP contribution in [0.1, 0.15) is 18.4 Å². The molecule has 0 spiro atoms. The molecule has 2 rings (SSSR count). The third kappa shape index (κ3) is 6.37. The average molecular weight is 438 g/mol. The molecular weight excluding hydrogens is 421 g/mol. The van der Waals surface area contributed by atoms with Crippen LogP contribution in [0.3, 0.4) is 0 Å². The van der Waals surface area contributed by atoms with Crippen molar-refractivity contribution in [1.29, 1.82) is 0 Å². The minimum Gasteiger partial charge on any atom is -0.504 e. The minimum atomic E-state index is -0.470. The topological polar surface area (TPSA) is 100 Å². The number of methoxy groups -OCH3 is 1. The Morgan fingerprint density at radius 3 is 2.56 bits per heavy atom. The lowest BCUT2D eigenvalue weighted by Crippen LogP contribution is -2.20. The van der Waals surface area contributed by atoms with Crippen molar-refractivity contribution in [3.63, 3.8) is 0 Å². The number of carbonyl (C=O) groups excluding carboxylic acids is 2. The molecule has 7 nitrogen and oxygen atoms in total. The number of phenols is 1. The summed E-state index contributed by atoms with van der Waals surface area (Å²) in [7, 11) is 1.42. The highest BCUT2D eigenvalue weighted by Crippen LogP contribution is 2.32. The Morgan fingerprint density at radius 1 is 1.22 bits per heavy atom. The Balaban J connectivity index is 1.82. The predicted octanol–water partition coefficient (Wildman–Crippen LogP) is 3.17. The van der Waals surface area contributed by atoms with Crippen molar-refractivity contribution in [2.45, 2.75) is 12.8 Å². The van der Waals surface area contributed by atoms with Crippen molar-refractivity contribution in [2.75, 3.05) is 12.4 Å². The SMILES string of the molecule is COc1cc(Br)cc(C=NNC(=O)CCC(=O)Nc2ccc(F)cc2)c1O. The normalized spacial score (nSPS) is 10.6. The van der Waals surface area contributed by atoms with Gasteiger partial charge in [0.25, 0.3) is 0 Å². The van der Waals surface area contributed by atoms with Crippen molar-refractivity contribution in [2.24, 2.45) is 5.10 Å². The molecule has 0 aliphatic carbocycles. The molecule has 0 heterocycles. The molecule has 2 aromatic carbocycles. The fraction of sp³-hybridized carbons (Fsp3) is 0.167. The minimum absolute atomic E-state index is 0.0608. The van der Waals surface area contributed by atoms with Gasteiger partial charge in [-0.15, -0.1) is 0 Å². The summed E-state index contributed by atoms with van der Waals surface area (Å²) in [5, 5.41) is 16.3. The van der Waals surface area contributed by atoms with E-state index < -0.39 is 11.7 Å². The summed E-state index contributed by atoms with van der Waals surface area (Å²) in [5.41, 5.74) is 3.06. The maximum absolute atomic E-state index is 12.8. The monoisotopic (exact) mass is 437 g/mol. The molecule has 3 N–H and O–H groups in total. The maximum atomic E-state index is 12.8. The Hall–Kier alpha value is -2.94. The van der Waals surface area contributed by atoms with Gasteiger partial charge in [0.2, 0.25) is 11.8 Å². The second kappa shape index (κ2) is 9.67. The van der Waals surface area contributed by atoms with E-state index in [1.165, 1.54) is 37.6 Å². The molecule has 9 heteroatoms. The lowest BCUT2D eigenvalue weighted by atomic mass is 10.2. The molecule has 0 unspecified atom stereocenters. The van der Waals surface area contributed by atoms with Crippen LogP contribution in [0.15, 0.2) is 46.0 Å². The Kier molecular flexibility index (Phi) is 7.30. The van der Waals surface area contributed by atoms with E-state index in [2.05, 4.69) is 31.8 Å². The standard InChI is InChI=1S/C18H17BrFN3O4/c1-27-15-9-12(19)8-11(18(15)26)10-21-23-17(25)7-6-16(24)22-14-4-2-13(20)3-5-14/h2-5,8-10,26H,6-7H2,1H3,(H,22,24)(H,23,25). The maximum Gasteiger partial charge on any atom is 0.240 e. The van der Waals surface area contributed by atoms with E-state index in [4.69, 9.17) is 4.74 Å². The van der Waals surface area contributed by atoms with Gasteiger partial charge >= 0.3 is 0 Å². The third-order valence-electron chi connectivity index (χ3n) is 3.39. The van der Waals surface area contributed by atoms with E-state index >= 15 is 0 Å². The summed E-state index contributed by atoms with van der Waals surface area (Å²) in [4.78, 5) is 23.5. The van der Waals surface area contributed by atoms with Crippen LogP contribution in [0.25, 0.3) is 0 Å². The predicted molar refractivity (Wildman–Crippen MR) is 102 cm³/mol. The molecule has 0 atom stereocenters. The number of hydrogen-bond donors (Lipinski definition) is 3. The molecule has 0 fully saturated rings. The largest absolute Gasteiger partial charge is 0.504 e. The van der Waals surface area contributed by atoms with Gasteiger partial charge in [-0.05, 0) is 36.4 Å². The molecule has 0 bridgehead atoms. The second-order valence-electron chi connectivity index (χ2n) is 5.39. The van der Waals surface area contributed by atoms with Gasteiger partial charge in [-0.1, -0.05) is 15.9 Å². The number of amides is 2. The molecule has 2 amide bonds. The molecule has 0 saturated carbocycles. The van der Waals surface area contributed by atoms with Gasteiger partial charge in [0.15, 0.2) is 11.5 Å². The summed E-state index contributed by atoms with van der Waals surface area (Å²) in [6.45, 7) is 0. The molecule has 0 aromatic heterocycles. The Morgan fingerprint density at radius 2 is 1.89 bits per heavy atom. The summed E-state index contributed by atoms with van der Waals surface area (Å²) in [5.74, 6) is -1.11. The molecule has 0 saturated heterocycles. The smallest absolute Gasteiger partial charge is 0.240 e. The second-order valence-corrected chi connectivity index (χ2v) is 6.31. The van der Waals surface area contributed by atoms with Crippen molar-refractivity contribution >= 4 is 39.6 Å². The number of hydrogen-bond acceptors (Lipinski definition) is 5. The van der Waals surface area contributed by atoms with Crippen LogP contribution in [0.4, 0.5) is 10.1 Å². The number of nitrogens with one attached hydrogen (secondary N) is 2. The molecule has 0 aliphatic heterocycles. The van der Waals surface area contributed by atoms with Crippen LogP contribution < -0.4 is 15.5 Å². The van der Waals surface area contributed by atoms with E-state index in [0.717, 1.165) is 0 Å². The number of nitrogens with zero attached hydrogens (tertiary/aromatic N) is 1. The van der Waals surface area contributed by atoms with E-state index in [1.807, 2.05) is 0 Å². The van der Waals surface area contributed by atoms with Gasteiger partial charge in [0.1, 0.15) is 5.82 Å². The zero-order valence-electron chi connectivity index (χ0n) is 14.3. The first-order valence-electron chi connectivity index (χ1n) is 7.83. The van der Waals surface area contributed by atoms with Crippen LogP contribution in [-0.2, 0) is 9.59 Å². The number of halogens is 2. The number of rotatable bonds is 7. The quantitative estimate of drug-likeness (QED) is 0.457. The highest BCUT2D eigenvalue weighted by atomic mass is 79.9. The van der Waals surface area contributed by atoms with Crippen molar-refractivity contribution < 1.29 is 23.8 Å². The number of ether oxygens (including phenoxy) is 1. The first-order valence-corrected chi connectivity index (χ1v) is 8.62. The zero-order valence-corrected chi connectivity index (χ0v) is 15.9. The van der Waals surface area contributed by atoms with Gasteiger partial charge in [-0.2, -0.15) is 5.10 Å². The van der Waals surface area contributed by atoms with E-state index in [9.17, 15) is 19.1 Å². The molecular formula is C18H17BrFN3O4. The summed E-state index contributed by atoms with van der Waals surface area (Å²) < 4.78 is 18.5. The fourth-order valence-corrected chi connectivity index (χ4v) is 2.52. The number of hydrazone groups is 1.